The lowest BCUT2D eigenvalue weighted by Gasteiger charge is -2.20. The zero-order chi connectivity index (χ0) is 23.8. The Morgan fingerprint density at radius 3 is 2.41 bits per heavy atom. The van der Waals surface area contributed by atoms with Gasteiger partial charge in [-0.2, -0.15) is 0 Å². The summed E-state index contributed by atoms with van der Waals surface area (Å²) in [4.78, 5) is 20.0. The van der Waals surface area contributed by atoms with Gasteiger partial charge in [-0.25, -0.2) is 4.98 Å². The minimum atomic E-state index is 0.0867. The predicted molar refractivity (Wildman–Crippen MR) is 140 cm³/mol. The number of aryl methyl sites for hydroxylation is 1. The molecule has 0 aliphatic carbocycles. The Bertz CT molecular complexity index is 1070. The van der Waals surface area contributed by atoms with Crippen LogP contribution in [-0.4, -0.2) is 28.6 Å². The number of hydrogen-bond donors (Lipinski definition) is 0. The largest absolute Gasteiger partial charge is 0.492 e. The third kappa shape index (κ3) is 5.63. The molecule has 0 spiro atoms. The lowest BCUT2D eigenvalue weighted by Crippen LogP contribution is -2.25. The van der Waals surface area contributed by atoms with Crippen LogP contribution < -0.4 is 9.64 Å². The Hall–Kier alpha value is -2.82. The molecule has 0 radical (unpaired) electrons. The van der Waals surface area contributed by atoms with Gasteiger partial charge < -0.3 is 14.2 Å². The summed E-state index contributed by atoms with van der Waals surface area (Å²) < 4.78 is 8.18. The molecule has 1 atom stereocenters. The molecule has 1 aromatic heterocycles. The lowest BCUT2D eigenvalue weighted by atomic mass is 10.1. The van der Waals surface area contributed by atoms with Crippen LogP contribution in [0.1, 0.15) is 83.4 Å². The van der Waals surface area contributed by atoms with E-state index in [2.05, 4.69) is 29.7 Å². The normalized spacial score (nSPS) is 16.0. The summed E-state index contributed by atoms with van der Waals surface area (Å²) in [5.41, 5.74) is 3.07. The van der Waals surface area contributed by atoms with E-state index in [0.29, 0.717) is 19.6 Å². The topological polar surface area (TPSA) is 47.4 Å². The summed E-state index contributed by atoms with van der Waals surface area (Å²) in [6.45, 7) is 6.42. The number of fused-ring (bicyclic) bond motifs is 1. The number of benzene rings is 2. The molecular formula is C29H39N3O2. The van der Waals surface area contributed by atoms with Gasteiger partial charge in [0, 0.05) is 25.4 Å². The van der Waals surface area contributed by atoms with Crippen LogP contribution in [0.25, 0.3) is 11.0 Å². The highest BCUT2D eigenvalue weighted by atomic mass is 16.5. The monoisotopic (exact) mass is 461 g/mol. The van der Waals surface area contributed by atoms with Crippen LogP contribution in [0, 0.1) is 0 Å². The molecule has 1 amide bonds. The van der Waals surface area contributed by atoms with Crippen molar-refractivity contribution < 1.29 is 9.53 Å². The molecule has 2 heterocycles. The van der Waals surface area contributed by atoms with E-state index in [1.165, 1.54) is 50.5 Å². The first-order chi connectivity index (χ1) is 16.7. The maximum atomic E-state index is 13.1. The van der Waals surface area contributed by atoms with E-state index in [1.54, 1.807) is 0 Å². The average Bonchev–Trinajstić information content (AvgIpc) is 3.42. The Morgan fingerprint density at radius 1 is 0.912 bits per heavy atom. The van der Waals surface area contributed by atoms with Crippen LogP contribution in [0.15, 0.2) is 48.5 Å². The van der Waals surface area contributed by atoms with Gasteiger partial charge in [-0.15, -0.1) is 0 Å². The molecule has 0 bridgehead atoms. The van der Waals surface area contributed by atoms with E-state index in [1.807, 2.05) is 42.2 Å². The van der Waals surface area contributed by atoms with Crippen LogP contribution >= 0.6 is 0 Å². The minimum absolute atomic E-state index is 0.0867. The van der Waals surface area contributed by atoms with E-state index >= 15 is 0 Å². The first-order valence-corrected chi connectivity index (χ1v) is 13.2. The Labute approximate surface area is 204 Å². The van der Waals surface area contributed by atoms with Gasteiger partial charge in [-0.05, 0) is 37.6 Å². The first kappa shape index (κ1) is 24.3. The molecule has 1 aliphatic rings. The second kappa shape index (κ2) is 12.0. The van der Waals surface area contributed by atoms with Crippen molar-refractivity contribution >= 4 is 22.6 Å². The zero-order valence-corrected chi connectivity index (χ0v) is 20.8. The van der Waals surface area contributed by atoms with Gasteiger partial charge in [0.15, 0.2) is 0 Å². The smallest absolute Gasteiger partial charge is 0.227 e. The molecule has 34 heavy (non-hydrogen) atoms. The number of imidazole rings is 1. The summed E-state index contributed by atoms with van der Waals surface area (Å²) in [6, 6.07) is 16.2. The second-order valence-corrected chi connectivity index (χ2v) is 9.39. The third-order valence-corrected chi connectivity index (χ3v) is 6.87. The Morgan fingerprint density at radius 2 is 1.62 bits per heavy atom. The van der Waals surface area contributed by atoms with Crippen molar-refractivity contribution in [1.82, 2.24) is 9.55 Å². The fraction of sp³-hybridized carbons (Fsp3) is 0.517. The van der Waals surface area contributed by atoms with Crippen LogP contribution in [0.5, 0.6) is 5.75 Å². The number of ether oxygens (including phenoxy) is 1. The number of carbonyl (C=O) groups excluding carboxylic acids is 1. The van der Waals surface area contributed by atoms with Crippen molar-refractivity contribution in [1.29, 1.82) is 0 Å². The molecule has 4 rings (SSSR count). The summed E-state index contributed by atoms with van der Waals surface area (Å²) in [5.74, 6) is 2.05. The van der Waals surface area contributed by atoms with Crippen LogP contribution in [0.2, 0.25) is 0 Å². The molecule has 1 fully saturated rings. The number of anilines is 1. The maximum Gasteiger partial charge on any atom is 0.227 e. The molecule has 1 saturated heterocycles. The summed E-state index contributed by atoms with van der Waals surface area (Å²) in [5, 5.41) is 0. The highest BCUT2D eigenvalue weighted by Crippen LogP contribution is 2.37. The summed E-state index contributed by atoms with van der Waals surface area (Å²) in [6.07, 6.45) is 10.9. The van der Waals surface area contributed by atoms with Crippen molar-refractivity contribution in [3.8, 4) is 5.75 Å². The van der Waals surface area contributed by atoms with Gasteiger partial charge in [-0.1, -0.05) is 76.1 Å². The molecule has 1 unspecified atom stereocenters. The van der Waals surface area contributed by atoms with Crippen molar-refractivity contribution in [2.24, 2.45) is 0 Å². The van der Waals surface area contributed by atoms with Crippen molar-refractivity contribution in [2.45, 2.75) is 84.1 Å². The van der Waals surface area contributed by atoms with Crippen LogP contribution in [-0.2, 0) is 11.3 Å². The van der Waals surface area contributed by atoms with Crippen LogP contribution in [0.4, 0.5) is 5.69 Å². The van der Waals surface area contributed by atoms with Gasteiger partial charge >= 0.3 is 0 Å². The van der Waals surface area contributed by atoms with E-state index < -0.39 is 0 Å². The average molecular weight is 462 g/mol. The molecule has 0 N–H and O–H groups in total. The van der Waals surface area contributed by atoms with Gasteiger partial charge in [0.25, 0.3) is 0 Å². The number of aromatic nitrogens is 2. The molecule has 2 aromatic carbocycles. The van der Waals surface area contributed by atoms with Gasteiger partial charge in [-0.3, -0.25) is 4.79 Å². The zero-order valence-electron chi connectivity index (χ0n) is 20.8. The number of rotatable bonds is 13. The molecule has 5 heteroatoms. The number of carbonyl (C=O) groups is 1. The van der Waals surface area contributed by atoms with Crippen LogP contribution in [0.3, 0.4) is 0 Å². The van der Waals surface area contributed by atoms with E-state index in [9.17, 15) is 4.79 Å². The highest BCUT2D eigenvalue weighted by molar-refractivity contribution is 5.97. The number of para-hydroxylation sites is 4. The Kier molecular flexibility index (Phi) is 8.62. The lowest BCUT2D eigenvalue weighted by molar-refractivity contribution is -0.117. The van der Waals surface area contributed by atoms with Crippen molar-refractivity contribution in [3.05, 3.63) is 54.4 Å². The number of nitrogens with zero attached hydrogens (tertiary/aromatic N) is 3. The number of hydrogen-bond acceptors (Lipinski definition) is 3. The summed E-state index contributed by atoms with van der Waals surface area (Å²) >= 11 is 0. The molecular weight excluding hydrogens is 422 g/mol. The quantitative estimate of drug-likeness (QED) is 0.255. The first-order valence-electron chi connectivity index (χ1n) is 13.2. The van der Waals surface area contributed by atoms with E-state index in [4.69, 9.17) is 9.72 Å². The maximum absolute atomic E-state index is 13.1. The van der Waals surface area contributed by atoms with E-state index in [-0.39, 0.29) is 11.8 Å². The fourth-order valence-corrected chi connectivity index (χ4v) is 5.12. The minimum Gasteiger partial charge on any atom is -0.492 e. The molecule has 5 nitrogen and oxygen atoms in total. The Balaban J connectivity index is 1.47. The molecule has 3 aromatic rings. The molecule has 182 valence electrons. The van der Waals surface area contributed by atoms with E-state index in [0.717, 1.165) is 35.7 Å². The SMILES string of the molecule is CCCCCCCCCCn1c(C2CC(=O)N(c3ccccc3OCC)C2)nc2ccccc21. The highest BCUT2D eigenvalue weighted by Gasteiger charge is 2.35. The van der Waals surface area contributed by atoms with Gasteiger partial charge in [0.2, 0.25) is 5.91 Å². The molecule has 0 saturated carbocycles. The van der Waals surface area contributed by atoms with Gasteiger partial charge in [0.05, 0.1) is 23.3 Å². The number of amides is 1. The standard InChI is InChI=1S/C29H39N3O2/c1-3-5-6-7-8-9-10-15-20-31-25-17-12-11-16-24(25)30-29(31)23-21-28(33)32(22-23)26-18-13-14-19-27(26)34-4-2/h11-14,16-19,23H,3-10,15,20-22H2,1-2H3. The third-order valence-electron chi connectivity index (χ3n) is 6.87. The van der Waals surface area contributed by atoms with Gasteiger partial charge in [0.1, 0.15) is 11.6 Å². The fourth-order valence-electron chi connectivity index (χ4n) is 5.12. The second-order valence-electron chi connectivity index (χ2n) is 9.39. The number of unbranched alkanes of at least 4 members (excludes halogenated alkanes) is 7. The predicted octanol–water partition coefficient (Wildman–Crippen LogP) is 7.10. The van der Waals surface area contributed by atoms with Crippen molar-refractivity contribution in [2.75, 3.05) is 18.1 Å². The van der Waals surface area contributed by atoms with Crippen molar-refractivity contribution in [3.63, 3.8) is 0 Å². The molecule has 1 aliphatic heterocycles. The summed E-state index contributed by atoms with van der Waals surface area (Å²) in [7, 11) is 0.